The normalized spacial score (nSPS) is 15.6. The Morgan fingerprint density at radius 2 is 2.44 bits per heavy atom. The van der Waals surface area contributed by atoms with Gasteiger partial charge in [-0.25, -0.2) is 0 Å². The molecular formula is C11H14ClN3O. The number of amides is 1. The zero-order valence-corrected chi connectivity index (χ0v) is 9.87. The molecule has 0 radical (unpaired) electrons. The van der Waals surface area contributed by atoms with Crippen LogP contribution in [0, 0.1) is 0 Å². The van der Waals surface area contributed by atoms with Crippen LogP contribution < -0.4 is 5.32 Å². The second-order valence-corrected chi connectivity index (χ2v) is 4.17. The van der Waals surface area contributed by atoms with Crippen LogP contribution in [0.15, 0.2) is 18.5 Å². The van der Waals surface area contributed by atoms with Gasteiger partial charge < -0.3 is 10.2 Å². The van der Waals surface area contributed by atoms with E-state index in [1.54, 1.807) is 12.3 Å². The fourth-order valence-corrected chi connectivity index (χ4v) is 1.96. The lowest BCUT2D eigenvalue weighted by Gasteiger charge is -2.37. The third-order valence-corrected chi connectivity index (χ3v) is 3.11. The van der Waals surface area contributed by atoms with Crippen molar-refractivity contribution in [3.8, 4) is 0 Å². The summed E-state index contributed by atoms with van der Waals surface area (Å²) in [5.41, 5.74) is 0.533. The van der Waals surface area contributed by atoms with Crippen LogP contribution in [-0.4, -0.2) is 41.5 Å². The van der Waals surface area contributed by atoms with E-state index in [9.17, 15) is 4.79 Å². The van der Waals surface area contributed by atoms with Gasteiger partial charge >= 0.3 is 0 Å². The van der Waals surface area contributed by atoms with Crippen LogP contribution in [0.5, 0.6) is 0 Å². The maximum atomic E-state index is 12.2. The molecule has 4 nitrogen and oxygen atoms in total. The zero-order valence-electron chi connectivity index (χ0n) is 9.11. The van der Waals surface area contributed by atoms with Gasteiger partial charge in [-0.2, -0.15) is 0 Å². The van der Waals surface area contributed by atoms with Crippen molar-refractivity contribution >= 4 is 17.5 Å². The Morgan fingerprint density at radius 3 is 2.94 bits per heavy atom. The van der Waals surface area contributed by atoms with Gasteiger partial charge in [0.1, 0.15) is 0 Å². The van der Waals surface area contributed by atoms with Crippen LogP contribution in [0.2, 0.25) is 5.02 Å². The van der Waals surface area contributed by atoms with Gasteiger partial charge in [-0.3, -0.25) is 9.78 Å². The number of likely N-dealkylation sites (N-methyl/N-ethyl adjacent to an activating group) is 1. The van der Waals surface area contributed by atoms with Crippen LogP contribution >= 0.6 is 11.6 Å². The number of halogens is 1. The highest BCUT2D eigenvalue weighted by Crippen LogP contribution is 2.18. The predicted octanol–water partition coefficient (Wildman–Crippen LogP) is 1.17. The summed E-state index contributed by atoms with van der Waals surface area (Å²) in [5, 5.41) is 3.57. The molecule has 0 aromatic carbocycles. The van der Waals surface area contributed by atoms with Gasteiger partial charge in [0.2, 0.25) is 0 Å². The number of carbonyl (C=O) groups is 1. The van der Waals surface area contributed by atoms with E-state index >= 15 is 0 Å². The molecule has 1 aliphatic rings. The molecule has 0 atom stereocenters. The second kappa shape index (κ2) is 4.80. The first-order chi connectivity index (χ1) is 7.74. The van der Waals surface area contributed by atoms with Gasteiger partial charge in [0.05, 0.1) is 16.6 Å². The Labute approximate surface area is 99.6 Å². The molecule has 2 heterocycles. The molecule has 0 unspecified atom stereocenters. The standard InChI is InChI=1S/C11H14ClN3O/c1-2-15(8-5-14-6-8)11(16)9-3-4-13-7-10(9)12/h3-4,7-8,14H,2,5-6H2,1H3. The lowest BCUT2D eigenvalue weighted by Crippen LogP contribution is -2.58. The molecule has 86 valence electrons. The highest BCUT2D eigenvalue weighted by molar-refractivity contribution is 6.33. The van der Waals surface area contributed by atoms with Crippen LogP contribution in [0.1, 0.15) is 17.3 Å². The average molecular weight is 240 g/mol. The van der Waals surface area contributed by atoms with Gasteiger partial charge in [0.15, 0.2) is 0 Å². The van der Waals surface area contributed by atoms with Gasteiger partial charge in [-0.1, -0.05) is 11.6 Å². The van der Waals surface area contributed by atoms with E-state index < -0.39 is 0 Å². The minimum Gasteiger partial charge on any atom is -0.333 e. The molecule has 1 fully saturated rings. The molecule has 0 bridgehead atoms. The molecular weight excluding hydrogens is 226 g/mol. The summed E-state index contributed by atoms with van der Waals surface area (Å²) in [4.78, 5) is 17.9. The molecule has 0 spiro atoms. The van der Waals surface area contributed by atoms with Crippen molar-refractivity contribution in [1.82, 2.24) is 15.2 Å². The van der Waals surface area contributed by atoms with Crippen molar-refractivity contribution in [1.29, 1.82) is 0 Å². The van der Waals surface area contributed by atoms with Crippen LogP contribution in [0.3, 0.4) is 0 Å². The lowest BCUT2D eigenvalue weighted by atomic mass is 10.1. The minimum atomic E-state index is -0.0126. The van der Waals surface area contributed by atoms with Crippen LogP contribution in [0.4, 0.5) is 0 Å². The third kappa shape index (κ3) is 2.03. The van der Waals surface area contributed by atoms with Crippen LogP contribution in [0.25, 0.3) is 0 Å². The largest absolute Gasteiger partial charge is 0.333 e. The molecule has 0 aliphatic carbocycles. The molecule has 1 N–H and O–H groups in total. The summed E-state index contributed by atoms with van der Waals surface area (Å²) >= 11 is 5.96. The number of nitrogens with one attached hydrogen (secondary N) is 1. The van der Waals surface area contributed by atoms with E-state index in [4.69, 9.17) is 11.6 Å². The monoisotopic (exact) mass is 239 g/mol. The average Bonchev–Trinajstić information content (AvgIpc) is 2.23. The summed E-state index contributed by atoms with van der Waals surface area (Å²) in [6.07, 6.45) is 3.09. The maximum Gasteiger partial charge on any atom is 0.255 e. The number of nitrogens with zero attached hydrogens (tertiary/aromatic N) is 2. The highest BCUT2D eigenvalue weighted by atomic mass is 35.5. The molecule has 0 saturated carbocycles. The van der Waals surface area contributed by atoms with Crippen molar-refractivity contribution in [2.75, 3.05) is 19.6 Å². The molecule has 5 heteroatoms. The predicted molar refractivity (Wildman–Crippen MR) is 62.6 cm³/mol. The van der Waals surface area contributed by atoms with Crippen molar-refractivity contribution in [2.24, 2.45) is 0 Å². The molecule has 1 aliphatic heterocycles. The number of pyridine rings is 1. The van der Waals surface area contributed by atoms with E-state index in [2.05, 4.69) is 10.3 Å². The van der Waals surface area contributed by atoms with Crippen molar-refractivity contribution in [3.05, 3.63) is 29.0 Å². The van der Waals surface area contributed by atoms with E-state index in [1.165, 1.54) is 6.20 Å². The van der Waals surface area contributed by atoms with E-state index in [1.807, 2.05) is 11.8 Å². The fraction of sp³-hybridized carbons (Fsp3) is 0.455. The summed E-state index contributed by atoms with van der Waals surface area (Å²) in [6.45, 7) is 4.40. The van der Waals surface area contributed by atoms with E-state index in [0.717, 1.165) is 13.1 Å². The van der Waals surface area contributed by atoms with E-state index in [-0.39, 0.29) is 5.91 Å². The Morgan fingerprint density at radius 1 is 1.69 bits per heavy atom. The van der Waals surface area contributed by atoms with E-state index in [0.29, 0.717) is 23.2 Å². The van der Waals surface area contributed by atoms with Gasteiger partial charge in [0, 0.05) is 32.0 Å². The highest BCUT2D eigenvalue weighted by Gasteiger charge is 2.28. The summed E-state index contributed by atoms with van der Waals surface area (Å²) in [7, 11) is 0. The van der Waals surface area contributed by atoms with Crippen molar-refractivity contribution in [3.63, 3.8) is 0 Å². The molecule has 1 aromatic heterocycles. The zero-order chi connectivity index (χ0) is 11.5. The Kier molecular flexibility index (Phi) is 3.41. The number of rotatable bonds is 3. The van der Waals surface area contributed by atoms with Gasteiger partial charge in [0.25, 0.3) is 5.91 Å². The van der Waals surface area contributed by atoms with Crippen molar-refractivity contribution in [2.45, 2.75) is 13.0 Å². The molecule has 1 saturated heterocycles. The number of aromatic nitrogens is 1. The second-order valence-electron chi connectivity index (χ2n) is 3.76. The van der Waals surface area contributed by atoms with Gasteiger partial charge in [-0.05, 0) is 13.0 Å². The Balaban J connectivity index is 2.19. The number of carbonyl (C=O) groups excluding carboxylic acids is 1. The molecule has 1 aromatic rings. The SMILES string of the molecule is CCN(C(=O)c1ccncc1Cl)C1CNC1. The third-order valence-electron chi connectivity index (χ3n) is 2.81. The molecule has 16 heavy (non-hydrogen) atoms. The van der Waals surface area contributed by atoms with Crippen LogP contribution in [-0.2, 0) is 0 Å². The number of hydrogen-bond acceptors (Lipinski definition) is 3. The first-order valence-electron chi connectivity index (χ1n) is 5.35. The minimum absolute atomic E-state index is 0.0126. The first kappa shape index (κ1) is 11.4. The fourth-order valence-electron chi connectivity index (χ4n) is 1.76. The maximum absolute atomic E-state index is 12.2. The summed E-state index contributed by atoms with van der Waals surface area (Å²) in [6, 6.07) is 1.96. The number of hydrogen-bond donors (Lipinski definition) is 1. The lowest BCUT2D eigenvalue weighted by molar-refractivity contribution is 0.0630. The summed E-state index contributed by atoms with van der Waals surface area (Å²) in [5.74, 6) is -0.0126. The van der Waals surface area contributed by atoms with Crippen molar-refractivity contribution < 1.29 is 4.79 Å². The topological polar surface area (TPSA) is 45.2 Å². The quantitative estimate of drug-likeness (QED) is 0.861. The Bertz CT molecular complexity index is 393. The van der Waals surface area contributed by atoms with Gasteiger partial charge in [-0.15, -0.1) is 0 Å². The molecule has 2 rings (SSSR count). The molecule has 1 amide bonds. The summed E-state index contributed by atoms with van der Waals surface area (Å²) < 4.78 is 0. The first-order valence-corrected chi connectivity index (χ1v) is 5.73. The Hall–Kier alpha value is -1.13. The smallest absolute Gasteiger partial charge is 0.255 e.